The van der Waals surface area contributed by atoms with Gasteiger partial charge in [0.15, 0.2) is 11.9 Å². The Morgan fingerprint density at radius 3 is 2.16 bits per heavy atom. The standard InChI is InChI=1S/C24H26N4O3/c1-18(31-21-10-8-20(30-2)9-11-21)24(29)28-16-14-27(15-17-28)23-13-12-22(25-26-23)19-6-4-3-5-7-19/h3-13,18H,14-17H2,1-2H3. The van der Waals surface area contributed by atoms with Crippen LogP contribution in [0.5, 0.6) is 11.5 Å². The van der Waals surface area contributed by atoms with Gasteiger partial charge in [-0.2, -0.15) is 0 Å². The molecule has 1 atom stereocenters. The second-order valence-electron chi connectivity index (χ2n) is 7.39. The van der Waals surface area contributed by atoms with Crippen molar-refractivity contribution in [2.24, 2.45) is 0 Å². The van der Waals surface area contributed by atoms with E-state index in [0.717, 1.165) is 22.8 Å². The Bertz CT molecular complexity index is 986. The molecule has 31 heavy (non-hydrogen) atoms. The van der Waals surface area contributed by atoms with E-state index in [1.54, 1.807) is 26.2 Å². The van der Waals surface area contributed by atoms with E-state index in [-0.39, 0.29) is 5.91 Å². The summed E-state index contributed by atoms with van der Waals surface area (Å²) in [4.78, 5) is 16.8. The highest BCUT2D eigenvalue weighted by molar-refractivity contribution is 5.81. The SMILES string of the molecule is COc1ccc(OC(C)C(=O)N2CCN(c3ccc(-c4ccccc4)nn3)CC2)cc1. The van der Waals surface area contributed by atoms with Crippen LogP contribution in [0.25, 0.3) is 11.3 Å². The Labute approximate surface area is 182 Å². The van der Waals surface area contributed by atoms with E-state index in [2.05, 4.69) is 15.1 Å². The molecule has 1 fully saturated rings. The van der Waals surface area contributed by atoms with Crippen molar-refractivity contribution in [2.45, 2.75) is 13.0 Å². The molecule has 1 unspecified atom stereocenters. The molecule has 3 aromatic rings. The van der Waals surface area contributed by atoms with E-state index >= 15 is 0 Å². The monoisotopic (exact) mass is 418 g/mol. The van der Waals surface area contributed by atoms with Crippen molar-refractivity contribution < 1.29 is 14.3 Å². The molecule has 2 heterocycles. The number of hydrogen-bond donors (Lipinski definition) is 0. The van der Waals surface area contributed by atoms with Crippen LogP contribution < -0.4 is 14.4 Å². The summed E-state index contributed by atoms with van der Waals surface area (Å²) in [5, 5.41) is 8.76. The third-order valence-electron chi connectivity index (χ3n) is 5.36. The molecule has 0 saturated carbocycles. The minimum Gasteiger partial charge on any atom is -0.497 e. The molecule has 7 heteroatoms. The van der Waals surface area contributed by atoms with Crippen LogP contribution in [0, 0.1) is 0 Å². The lowest BCUT2D eigenvalue weighted by atomic mass is 10.1. The van der Waals surface area contributed by atoms with E-state index in [9.17, 15) is 4.79 Å². The van der Waals surface area contributed by atoms with Crippen molar-refractivity contribution in [3.05, 3.63) is 66.7 Å². The van der Waals surface area contributed by atoms with Gasteiger partial charge < -0.3 is 19.3 Å². The second kappa shape index (κ2) is 9.47. The third kappa shape index (κ3) is 4.94. The summed E-state index contributed by atoms with van der Waals surface area (Å²) in [7, 11) is 1.62. The van der Waals surface area contributed by atoms with Crippen LogP contribution in [-0.4, -0.2) is 60.4 Å². The summed E-state index contributed by atoms with van der Waals surface area (Å²) in [5.41, 5.74) is 1.89. The quantitative estimate of drug-likeness (QED) is 0.612. The topological polar surface area (TPSA) is 67.8 Å². The van der Waals surface area contributed by atoms with Crippen LogP contribution in [0.3, 0.4) is 0 Å². The highest BCUT2D eigenvalue weighted by Crippen LogP contribution is 2.21. The number of ether oxygens (including phenoxy) is 2. The Kier molecular flexibility index (Phi) is 6.31. The first-order valence-corrected chi connectivity index (χ1v) is 10.4. The Morgan fingerprint density at radius 1 is 0.871 bits per heavy atom. The van der Waals surface area contributed by atoms with Gasteiger partial charge in [0.05, 0.1) is 12.8 Å². The number of hydrogen-bond acceptors (Lipinski definition) is 6. The highest BCUT2D eigenvalue weighted by Gasteiger charge is 2.26. The van der Waals surface area contributed by atoms with E-state index in [1.807, 2.05) is 59.5 Å². The molecule has 1 aromatic heterocycles. The van der Waals surface area contributed by atoms with Crippen molar-refractivity contribution >= 4 is 11.7 Å². The summed E-state index contributed by atoms with van der Waals surface area (Å²) >= 11 is 0. The van der Waals surface area contributed by atoms with Crippen LogP contribution in [0.1, 0.15) is 6.92 Å². The Hall–Kier alpha value is -3.61. The van der Waals surface area contributed by atoms with Crippen LogP contribution in [0.4, 0.5) is 5.82 Å². The molecular weight excluding hydrogens is 392 g/mol. The van der Waals surface area contributed by atoms with Gasteiger partial charge in [0.25, 0.3) is 5.91 Å². The molecule has 0 N–H and O–H groups in total. The molecule has 1 amide bonds. The highest BCUT2D eigenvalue weighted by atomic mass is 16.5. The second-order valence-corrected chi connectivity index (χ2v) is 7.39. The van der Waals surface area contributed by atoms with Crippen LogP contribution in [-0.2, 0) is 4.79 Å². The van der Waals surface area contributed by atoms with Gasteiger partial charge in [-0.3, -0.25) is 4.79 Å². The average Bonchev–Trinajstić information content (AvgIpc) is 2.85. The van der Waals surface area contributed by atoms with Gasteiger partial charge in [0.2, 0.25) is 0 Å². The van der Waals surface area contributed by atoms with Crippen LogP contribution in [0.15, 0.2) is 66.7 Å². The first-order chi connectivity index (χ1) is 15.1. The van der Waals surface area contributed by atoms with Crippen LogP contribution in [0.2, 0.25) is 0 Å². The molecular formula is C24H26N4O3. The number of methoxy groups -OCH3 is 1. The number of rotatable bonds is 6. The molecule has 0 bridgehead atoms. The number of amides is 1. The Morgan fingerprint density at radius 2 is 1.55 bits per heavy atom. The molecule has 0 aliphatic carbocycles. The molecule has 1 aliphatic heterocycles. The largest absolute Gasteiger partial charge is 0.497 e. The number of aromatic nitrogens is 2. The molecule has 1 aliphatic rings. The number of anilines is 1. The van der Waals surface area contributed by atoms with Gasteiger partial charge in [0, 0.05) is 31.7 Å². The number of carbonyl (C=O) groups is 1. The van der Waals surface area contributed by atoms with Gasteiger partial charge in [-0.1, -0.05) is 30.3 Å². The zero-order valence-electron chi connectivity index (χ0n) is 17.8. The molecule has 2 aromatic carbocycles. The number of benzene rings is 2. The maximum Gasteiger partial charge on any atom is 0.263 e. The van der Waals surface area contributed by atoms with Gasteiger partial charge in [0.1, 0.15) is 11.5 Å². The van der Waals surface area contributed by atoms with Crippen LogP contribution >= 0.6 is 0 Å². The minimum atomic E-state index is -0.551. The number of carbonyl (C=O) groups excluding carboxylic acids is 1. The van der Waals surface area contributed by atoms with E-state index in [4.69, 9.17) is 9.47 Å². The normalized spacial score (nSPS) is 14.8. The summed E-state index contributed by atoms with van der Waals surface area (Å²) in [6.07, 6.45) is -0.551. The maximum atomic E-state index is 12.8. The van der Waals surface area contributed by atoms with E-state index in [0.29, 0.717) is 31.9 Å². The maximum absolute atomic E-state index is 12.8. The first-order valence-electron chi connectivity index (χ1n) is 10.4. The fourth-order valence-electron chi connectivity index (χ4n) is 3.58. The van der Waals surface area contributed by atoms with Gasteiger partial charge in [-0.25, -0.2) is 0 Å². The van der Waals surface area contributed by atoms with Gasteiger partial charge >= 0.3 is 0 Å². The number of nitrogens with zero attached hydrogens (tertiary/aromatic N) is 4. The first kappa shape index (κ1) is 20.7. The Balaban J connectivity index is 1.31. The molecule has 0 radical (unpaired) electrons. The predicted molar refractivity (Wildman–Crippen MR) is 119 cm³/mol. The summed E-state index contributed by atoms with van der Waals surface area (Å²) in [6, 6.07) is 21.2. The predicted octanol–water partition coefficient (Wildman–Crippen LogP) is 3.27. The smallest absolute Gasteiger partial charge is 0.263 e. The van der Waals surface area contributed by atoms with Gasteiger partial charge in [-0.05, 0) is 43.3 Å². The fraction of sp³-hybridized carbons (Fsp3) is 0.292. The lowest BCUT2D eigenvalue weighted by Gasteiger charge is -2.36. The summed E-state index contributed by atoms with van der Waals surface area (Å²) in [6.45, 7) is 4.45. The van der Waals surface area contributed by atoms with Crippen molar-refractivity contribution in [1.29, 1.82) is 0 Å². The van der Waals surface area contributed by atoms with E-state index in [1.165, 1.54) is 0 Å². The van der Waals surface area contributed by atoms with Crippen molar-refractivity contribution in [2.75, 3.05) is 38.2 Å². The van der Waals surface area contributed by atoms with Crippen molar-refractivity contribution in [3.8, 4) is 22.8 Å². The average molecular weight is 418 g/mol. The van der Waals surface area contributed by atoms with Crippen molar-refractivity contribution in [1.82, 2.24) is 15.1 Å². The fourth-order valence-corrected chi connectivity index (χ4v) is 3.58. The lowest BCUT2D eigenvalue weighted by Crippen LogP contribution is -2.52. The van der Waals surface area contributed by atoms with Gasteiger partial charge in [-0.15, -0.1) is 10.2 Å². The van der Waals surface area contributed by atoms with Crippen molar-refractivity contribution in [3.63, 3.8) is 0 Å². The molecule has 0 spiro atoms. The lowest BCUT2D eigenvalue weighted by molar-refractivity contribution is -0.138. The van der Waals surface area contributed by atoms with E-state index < -0.39 is 6.10 Å². The molecule has 4 rings (SSSR count). The summed E-state index contributed by atoms with van der Waals surface area (Å²) < 4.78 is 11.0. The number of piperazine rings is 1. The minimum absolute atomic E-state index is 0.0130. The molecule has 7 nitrogen and oxygen atoms in total. The molecule has 1 saturated heterocycles. The third-order valence-corrected chi connectivity index (χ3v) is 5.36. The zero-order chi connectivity index (χ0) is 21.6. The molecule has 160 valence electrons. The summed E-state index contributed by atoms with van der Waals surface area (Å²) in [5.74, 6) is 2.21. The zero-order valence-corrected chi connectivity index (χ0v) is 17.8.